The highest BCUT2D eigenvalue weighted by Crippen LogP contribution is 2.43. The monoisotopic (exact) mass is 253 g/mol. The van der Waals surface area contributed by atoms with Crippen LogP contribution in [0.4, 0.5) is 5.69 Å². The Labute approximate surface area is 112 Å². The number of carbonyl (C=O) groups excluding carboxylic acids is 1. The molecule has 0 spiro atoms. The van der Waals surface area contributed by atoms with Crippen LogP contribution in [0.2, 0.25) is 0 Å². The van der Waals surface area contributed by atoms with Gasteiger partial charge in [-0.2, -0.15) is 0 Å². The van der Waals surface area contributed by atoms with E-state index in [1.165, 1.54) is 0 Å². The van der Waals surface area contributed by atoms with E-state index in [1.54, 1.807) is 0 Å². The number of nitrogens with one attached hydrogen (secondary N) is 1. The lowest BCUT2D eigenvalue weighted by Gasteiger charge is -2.27. The second-order valence-electron chi connectivity index (χ2n) is 4.48. The Morgan fingerprint density at radius 3 is 2.47 bits per heavy atom. The number of anilines is 1. The molecule has 1 aliphatic heterocycles. The highest BCUT2D eigenvalue weighted by molar-refractivity contribution is 6.07. The normalized spacial score (nSPS) is 21.0. The van der Waals surface area contributed by atoms with Crippen molar-refractivity contribution >= 4 is 11.6 Å². The van der Waals surface area contributed by atoms with Crippen LogP contribution in [0.25, 0.3) is 0 Å². The van der Waals surface area contributed by atoms with Crippen LogP contribution in [0.15, 0.2) is 54.6 Å². The van der Waals surface area contributed by atoms with Crippen molar-refractivity contribution in [1.29, 1.82) is 0 Å². The number of amides is 1. The molecule has 96 valence electrons. The number of fused-ring (bicyclic) bond motifs is 1. The Balaban J connectivity index is 2.24. The van der Waals surface area contributed by atoms with Crippen LogP contribution in [-0.2, 0) is 15.1 Å². The third-order valence-electron chi connectivity index (χ3n) is 3.42. The lowest BCUT2D eigenvalue weighted by Crippen LogP contribution is -2.38. The SMILES string of the molecule is CCOC1(c2ccccc2)C(=O)Nc2ccccc21. The third kappa shape index (κ3) is 1.66. The molecule has 1 unspecified atom stereocenters. The summed E-state index contributed by atoms with van der Waals surface area (Å²) < 4.78 is 5.90. The lowest BCUT2D eigenvalue weighted by molar-refractivity contribution is -0.135. The first-order valence-electron chi connectivity index (χ1n) is 6.39. The Kier molecular flexibility index (Phi) is 2.84. The van der Waals surface area contributed by atoms with Gasteiger partial charge in [-0.1, -0.05) is 48.5 Å². The highest BCUT2D eigenvalue weighted by atomic mass is 16.5. The number of carbonyl (C=O) groups is 1. The zero-order valence-corrected chi connectivity index (χ0v) is 10.7. The zero-order valence-electron chi connectivity index (χ0n) is 10.7. The summed E-state index contributed by atoms with van der Waals surface area (Å²) in [5.41, 5.74) is 1.55. The van der Waals surface area contributed by atoms with Crippen LogP contribution < -0.4 is 5.32 Å². The maximum Gasteiger partial charge on any atom is 0.266 e. The van der Waals surface area contributed by atoms with Gasteiger partial charge in [0.05, 0.1) is 0 Å². The lowest BCUT2D eigenvalue weighted by atomic mass is 9.87. The van der Waals surface area contributed by atoms with Gasteiger partial charge in [-0.05, 0) is 18.6 Å². The molecule has 1 amide bonds. The molecule has 3 rings (SSSR count). The highest BCUT2D eigenvalue weighted by Gasteiger charge is 2.49. The molecule has 19 heavy (non-hydrogen) atoms. The second kappa shape index (κ2) is 4.52. The molecule has 2 aromatic rings. The van der Waals surface area contributed by atoms with E-state index < -0.39 is 5.60 Å². The zero-order chi connectivity index (χ0) is 13.3. The summed E-state index contributed by atoms with van der Waals surface area (Å²) in [5, 5.41) is 2.91. The van der Waals surface area contributed by atoms with Gasteiger partial charge in [0, 0.05) is 17.9 Å². The Bertz CT molecular complexity index is 609. The molecule has 0 saturated heterocycles. The van der Waals surface area contributed by atoms with E-state index in [0.29, 0.717) is 6.61 Å². The first kappa shape index (κ1) is 11.9. The Hall–Kier alpha value is -2.13. The van der Waals surface area contributed by atoms with Gasteiger partial charge in [0.15, 0.2) is 5.60 Å². The molecule has 3 heteroatoms. The minimum atomic E-state index is -1.02. The van der Waals surface area contributed by atoms with E-state index >= 15 is 0 Å². The van der Waals surface area contributed by atoms with Crippen LogP contribution in [0.5, 0.6) is 0 Å². The number of benzene rings is 2. The van der Waals surface area contributed by atoms with Crippen molar-refractivity contribution in [1.82, 2.24) is 0 Å². The number of ether oxygens (including phenoxy) is 1. The molecule has 0 radical (unpaired) electrons. The number of hydrogen-bond acceptors (Lipinski definition) is 2. The molecule has 3 nitrogen and oxygen atoms in total. The summed E-state index contributed by atoms with van der Waals surface area (Å²) >= 11 is 0. The third-order valence-corrected chi connectivity index (χ3v) is 3.42. The van der Waals surface area contributed by atoms with Crippen molar-refractivity contribution in [3.63, 3.8) is 0 Å². The first-order chi connectivity index (χ1) is 9.29. The predicted octanol–water partition coefficient (Wildman–Crippen LogP) is 2.92. The largest absolute Gasteiger partial charge is 0.356 e. The minimum absolute atomic E-state index is 0.123. The number of hydrogen-bond donors (Lipinski definition) is 1. The predicted molar refractivity (Wildman–Crippen MR) is 73.9 cm³/mol. The molecule has 1 atom stereocenters. The fourth-order valence-electron chi connectivity index (χ4n) is 2.63. The summed E-state index contributed by atoms with van der Waals surface area (Å²) in [7, 11) is 0. The Morgan fingerprint density at radius 2 is 1.74 bits per heavy atom. The summed E-state index contributed by atoms with van der Waals surface area (Å²) in [6.45, 7) is 2.37. The molecule has 2 aromatic carbocycles. The molecule has 1 aliphatic rings. The minimum Gasteiger partial charge on any atom is -0.356 e. The van der Waals surface area contributed by atoms with Crippen LogP contribution in [-0.4, -0.2) is 12.5 Å². The van der Waals surface area contributed by atoms with Gasteiger partial charge in [0.1, 0.15) is 0 Å². The van der Waals surface area contributed by atoms with Crippen molar-refractivity contribution in [3.8, 4) is 0 Å². The second-order valence-corrected chi connectivity index (χ2v) is 4.48. The standard InChI is InChI=1S/C16H15NO2/c1-2-19-16(12-8-4-3-5-9-12)13-10-6-7-11-14(13)17-15(16)18/h3-11H,2H2,1H3,(H,17,18). The molecule has 0 bridgehead atoms. The molecule has 0 aromatic heterocycles. The van der Waals surface area contributed by atoms with Gasteiger partial charge < -0.3 is 10.1 Å². The summed E-state index contributed by atoms with van der Waals surface area (Å²) in [6.07, 6.45) is 0. The fraction of sp³-hybridized carbons (Fsp3) is 0.188. The molecular weight excluding hydrogens is 238 g/mol. The van der Waals surface area contributed by atoms with Crippen molar-refractivity contribution in [2.24, 2.45) is 0 Å². The van der Waals surface area contributed by atoms with E-state index in [4.69, 9.17) is 4.74 Å². The van der Waals surface area contributed by atoms with Crippen LogP contribution in [0.3, 0.4) is 0 Å². The van der Waals surface area contributed by atoms with E-state index in [1.807, 2.05) is 61.5 Å². The average Bonchev–Trinajstić information content (AvgIpc) is 2.74. The first-order valence-corrected chi connectivity index (χ1v) is 6.39. The van der Waals surface area contributed by atoms with E-state index in [2.05, 4.69) is 5.32 Å². The van der Waals surface area contributed by atoms with Gasteiger partial charge in [-0.25, -0.2) is 0 Å². The van der Waals surface area contributed by atoms with Crippen LogP contribution in [0, 0.1) is 0 Å². The van der Waals surface area contributed by atoms with Gasteiger partial charge >= 0.3 is 0 Å². The van der Waals surface area contributed by atoms with Crippen LogP contribution in [0.1, 0.15) is 18.1 Å². The number of rotatable bonds is 3. The summed E-state index contributed by atoms with van der Waals surface area (Å²) in [6, 6.07) is 17.3. The molecular formula is C16H15NO2. The Morgan fingerprint density at radius 1 is 1.05 bits per heavy atom. The van der Waals surface area contributed by atoms with Gasteiger partial charge in [-0.3, -0.25) is 4.79 Å². The van der Waals surface area contributed by atoms with Gasteiger partial charge in [0.2, 0.25) is 0 Å². The maximum absolute atomic E-state index is 12.5. The van der Waals surface area contributed by atoms with E-state index in [-0.39, 0.29) is 5.91 Å². The molecule has 0 aliphatic carbocycles. The van der Waals surface area contributed by atoms with E-state index in [0.717, 1.165) is 16.8 Å². The van der Waals surface area contributed by atoms with Crippen molar-refractivity contribution < 1.29 is 9.53 Å². The molecule has 0 saturated carbocycles. The van der Waals surface area contributed by atoms with Crippen molar-refractivity contribution in [3.05, 3.63) is 65.7 Å². The maximum atomic E-state index is 12.5. The molecule has 0 fully saturated rings. The van der Waals surface area contributed by atoms with Crippen molar-refractivity contribution in [2.75, 3.05) is 11.9 Å². The van der Waals surface area contributed by atoms with Gasteiger partial charge in [0.25, 0.3) is 5.91 Å². The van der Waals surface area contributed by atoms with Crippen LogP contribution >= 0.6 is 0 Å². The summed E-state index contributed by atoms with van der Waals surface area (Å²) in [4.78, 5) is 12.5. The average molecular weight is 253 g/mol. The smallest absolute Gasteiger partial charge is 0.266 e. The molecule has 1 N–H and O–H groups in total. The van der Waals surface area contributed by atoms with Crippen molar-refractivity contribution in [2.45, 2.75) is 12.5 Å². The quantitative estimate of drug-likeness (QED) is 0.913. The fourth-order valence-corrected chi connectivity index (χ4v) is 2.63. The molecule has 1 heterocycles. The van der Waals surface area contributed by atoms with Gasteiger partial charge in [-0.15, -0.1) is 0 Å². The summed E-state index contributed by atoms with van der Waals surface area (Å²) in [5.74, 6) is -0.123. The van der Waals surface area contributed by atoms with E-state index in [9.17, 15) is 4.79 Å². The number of para-hydroxylation sites is 1. The topological polar surface area (TPSA) is 38.3 Å².